The lowest BCUT2D eigenvalue weighted by atomic mass is 9.82. The quantitative estimate of drug-likeness (QED) is 0.908. The molecule has 2 rings (SSSR count). The van der Waals surface area contributed by atoms with Crippen LogP contribution in [0.1, 0.15) is 41.0 Å². The van der Waals surface area contributed by atoms with Gasteiger partial charge in [-0.05, 0) is 37.8 Å². The lowest BCUT2D eigenvalue weighted by molar-refractivity contribution is 0.269. The summed E-state index contributed by atoms with van der Waals surface area (Å²) in [6, 6.07) is 3.38. The van der Waals surface area contributed by atoms with Crippen LogP contribution < -0.4 is 4.72 Å². The van der Waals surface area contributed by atoms with E-state index >= 15 is 0 Å². The van der Waals surface area contributed by atoms with Crippen LogP contribution in [-0.2, 0) is 10.0 Å². The van der Waals surface area contributed by atoms with Crippen molar-refractivity contribution < 1.29 is 8.42 Å². The fourth-order valence-electron chi connectivity index (χ4n) is 2.81. The highest BCUT2D eigenvalue weighted by atomic mass is 32.2. The van der Waals surface area contributed by atoms with Crippen LogP contribution >= 0.6 is 0 Å². The largest absolute Gasteiger partial charge is 0.263 e. The Hall–Kier alpha value is -1.47. The molecule has 0 amide bonds. The molecule has 0 aliphatic rings. The fourth-order valence-corrected chi connectivity index (χ4v) is 4.33. The zero-order valence-corrected chi connectivity index (χ0v) is 13.9. The molecule has 116 valence electrons. The van der Waals surface area contributed by atoms with Crippen LogP contribution in [0.25, 0.3) is 11.0 Å². The molecular formula is C14H22N4O2S. The first-order valence-electron chi connectivity index (χ1n) is 6.83. The number of nitrogens with zero attached hydrogens (tertiary/aromatic N) is 2. The minimum Gasteiger partial charge on any atom is -0.263 e. The molecule has 0 aromatic carbocycles. The van der Waals surface area contributed by atoms with Crippen LogP contribution in [0.3, 0.4) is 0 Å². The summed E-state index contributed by atoms with van der Waals surface area (Å²) in [5.74, 6) is 0. The number of nitrogens with one attached hydrogen (secondary N) is 2. The van der Waals surface area contributed by atoms with Crippen LogP contribution in [0.5, 0.6) is 0 Å². The zero-order valence-electron chi connectivity index (χ0n) is 13.1. The highest BCUT2D eigenvalue weighted by Crippen LogP contribution is 2.28. The van der Waals surface area contributed by atoms with Crippen molar-refractivity contribution >= 4 is 21.1 Å². The second-order valence-electron chi connectivity index (χ2n) is 7.15. The maximum absolute atomic E-state index is 12.6. The van der Waals surface area contributed by atoms with Gasteiger partial charge in [0.2, 0.25) is 0 Å². The van der Waals surface area contributed by atoms with Crippen molar-refractivity contribution in [3.8, 4) is 0 Å². The van der Waals surface area contributed by atoms with Gasteiger partial charge in [0.1, 0.15) is 0 Å². The number of hydrogen-bond acceptors (Lipinski definition) is 4. The van der Waals surface area contributed by atoms with Crippen LogP contribution in [0.4, 0.5) is 0 Å². The Morgan fingerprint density at radius 3 is 2.52 bits per heavy atom. The van der Waals surface area contributed by atoms with E-state index in [0.717, 1.165) is 0 Å². The first-order chi connectivity index (χ1) is 9.50. The van der Waals surface area contributed by atoms with Crippen molar-refractivity contribution in [1.29, 1.82) is 0 Å². The van der Waals surface area contributed by atoms with Crippen LogP contribution in [0, 0.1) is 5.41 Å². The van der Waals surface area contributed by atoms with Gasteiger partial charge in [-0.15, -0.1) is 0 Å². The van der Waals surface area contributed by atoms with Crippen LogP contribution in [0.2, 0.25) is 0 Å². The van der Waals surface area contributed by atoms with Crippen molar-refractivity contribution in [3.05, 3.63) is 18.3 Å². The number of aromatic amines is 1. The minimum absolute atomic E-state index is 0.0175. The van der Waals surface area contributed by atoms with Gasteiger partial charge in [0.05, 0.1) is 5.39 Å². The predicted molar refractivity (Wildman–Crippen MR) is 82.4 cm³/mol. The molecule has 0 atom stereocenters. The molecule has 2 heterocycles. The van der Waals surface area contributed by atoms with E-state index in [1.165, 1.54) is 0 Å². The van der Waals surface area contributed by atoms with Crippen molar-refractivity contribution in [3.63, 3.8) is 0 Å². The Morgan fingerprint density at radius 2 is 1.90 bits per heavy atom. The summed E-state index contributed by atoms with van der Waals surface area (Å²) in [7, 11) is -3.68. The SMILES string of the molecule is CC(C)(C)CC(C)(C)NS(=O)(=O)c1[nH]nc2ncccc12. The molecule has 0 spiro atoms. The van der Waals surface area contributed by atoms with Crippen molar-refractivity contribution in [2.45, 2.75) is 51.6 Å². The second-order valence-corrected chi connectivity index (χ2v) is 8.77. The van der Waals surface area contributed by atoms with E-state index in [2.05, 4.69) is 40.7 Å². The second kappa shape index (κ2) is 5.06. The van der Waals surface area contributed by atoms with E-state index in [9.17, 15) is 8.42 Å². The third-order valence-electron chi connectivity index (χ3n) is 2.95. The van der Waals surface area contributed by atoms with E-state index in [-0.39, 0.29) is 10.4 Å². The Bertz CT molecular complexity index is 742. The average molecular weight is 310 g/mol. The van der Waals surface area contributed by atoms with Gasteiger partial charge in [-0.3, -0.25) is 5.10 Å². The Kier molecular flexibility index (Phi) is 3.84. The molecule has 0 radical (unpaired) electrons. The minimum atomic E-state index is -3.68. The smallest absolute Gasteiger partial charge is 0.258 e. The lowest BCUT2D eigenvalue weighted by Crippen LogP contribution is -2.45. The van der Waals surface area contributed by atoms with Gasteiger partial charge >= 0.3 is 0 Å². The maximum atomic E-state index is 12.6. The molecule has 0 unspecified atom stereocenters. The van der Waals surface area contributed by atoms with E-state index in [1.807, 2.05) is 13.8 Å². The van der Waals surface area contributed by atoms with E-state index in [0.29, 0.717) is 17.5 Å². The molecule has 0 aliphatic carbocycles. The molecule has 21 heavy (non-hydrogen) atoms. The summed E-state index contributed by atoms with van der Waals surface area (Å²) in [6.45, 7) is 10.0. The molecule has 6 nitrogen and oxygen atoms in total. The normalized spacial score (nSPS) is 13.8. The number of fused-ring (bicyclic) bond motifs is 1. The first kappa shape index (κ1) is 15.9. The Labute approximate surface area is 125 Å². The summed E-state index contributed by atoms with van der Waals surface area (Å²) in [6.07, 6.45) is 2.29. The summed E-state index contributed by atoms with van der Waals surface area (Å²) in [4.78, 5) is 4.04. The highest BCUT2D eigenvalue weighted by Gasteiger charge is 2.32. The van der Waals surface area contributed by atoms with Crippen LogP contribution in [-0.4, -0.2) is 29.1 Å². The monoisotopic (exact) mass is 310 g/mol. The third-order valence-corrected chi connectivity index (χ3v) is 4.62. The van der Waals surface area contributed by atoms with Crippen molar-refractivity contribution in [2.24, 2.45) is 5.41 Å². The molecular weight excluding hydrogens is 288 g/mol. The summed E-state index contributed by atoms with van der Waals surface area (Å²) >= 11 is 0. The molecule has 2 aromatic rings. The van der Waals surface area contributed by atoms with Gasteiger partial charge < -0.3 is 0 Å². The molecule has 2 aromatic heterocycles. The van der Waals surface area contributed by atoms with E-state index in [1.54, 1.807) is 18.3 Å². The Morgan fingerprint density at radius 1 is 1.24 bits per heavy atom. The first-order valence-corrected chi connectivity index (χ1v) is 8.32. The summed E-state index contributed by atoms with van der Waals surface area (Å²) < 4.78 is 28.0. The van der Waals surface area contributed by atoms with Gasteiger partial charge in [-0.2, -0.15) is 5.10 Å². The fraction of sp³-hybridized carbons (Fsp3) is 0.571. The van der Waals surface area contributed by atoms with E-state index in [4.69, 9.17) is 0 Å². The van der Waals surface area contributed by atoms with Gasteiger partial charge in [-0.25, -0.2) is 18.1 Å². The van der Waals surface area contributed by atoms with E-state index < -0.39 is 15.6 Å². The third kappa shape index (κ3) is 3.79. The topological polar surface area (TPSA) is 87.7 Å². The van der Waals surface area contributed by atoms with Gasteiger partial charge in [0, 0.05) is 11.7 Å². The average Bonchev–Trinajstić information content (AvgIpc) is 2.67. The van der Waals surface area contributed by atoms with Crippen molar-refractivity contribution in [2.75, 3.05) is 0 Å². The molecule has 2 N–H and O–H groups in total. The summed E-state index contributed by atoms with van der Waals surface area (Å²) in [5.41, 5.74) is -0.146. The number of H-pyrrole nitrogens is 1. The number of hydrogen-bond donors (Lipinski definition) is 2. The number of aromatic nitrogens is 3. The number of rotatable bonds is 4. The molecule has 0 fully saturated rings. The number of pyridine rings is 1. The molecule has 0 bridgehead atoms. The van der Waals surface area contributed by atoms with Gasteiger partial charge in [0.15, 0.2) is 10.7 Å². The maximum Gasteiger partial charge on any atom is 0.258 e. The van der Waals surface area contributed by atoms with Crippen LogP contribution in [0.15, 0.2) is 23.4 Å². The highest BCUT2D eigenvalue weighted by molar-refractivity contribution is 7.89. The van der Waals surface area contributed by atoms with Crippen molar-refractivity contribution in [1.82, 2.24) is 19.9 Å². The molecule has 0 saturated heterocycles. The van der Waals surface area contributed by atoms with Gasteiger partial charge in [-0.1, -0.05) is 20.8 Å². The summed E-state index contributed by atoms with van der Waals surface area (Å²) in [5, 5.41) is 7.07. The molecule has 0 saturated carbocycles. The number of sulfonamides is 1. The molecule has 0 aliphatic heterocycles. The standard InChI is InChI=1S/C14H22N4O2S/c1-13(2,3)9-14(4,5)18-21(19,20)12-10-7-6-8-15-11(10)16-17-12/h6-8,18H,9H2,1-5H3,(H,15,16,17). The Balaban J connectivity index is 2.35. The predicted octanol–water partition coefficient (Wildman–Crippen LogP) is 2.45. The zero-order chi connectivity index (χ0) is 15.9. The molecule has 7 heteroatoms. The lowest BCUT2D eigenvalue weighted by Gasteiger charge is -2.32. The van der Waals surface area contributed by atoms with Gasteiger partial charge in [0.25, 0.3) is 10.0 Å².